The van der Waals surface area contributed by atoms with Gasteiger partial charge in [-0.05, 0) is 17.9 Å². The molecular weight excluding hydrogens is 232 g/mol. The molecule has 1 aromatic rings. The van der Waals surface area contributed by atoms with Crippen LogP contribution >= 0.6 is 11.3 Å². The molecule has 2 nitrogen and oxygen atoms in total. The zero-order valence-corrected chi connectivity index (χ0v) is 11.8. The third-order valence-electron chi connectivity index (χ3n) is 3.01. The molecule has 1 atom stereocenters. The first kappa shape index (κ1) is 14.5. The molecule has 0 radical (unpaired) electrons. The second-order valence-corrected chi connectivity index (χ2v) is 5.37. The van der Waals surface area contributed by atoms with E-state index in [0.717, 1.165) is 23.5 Å². The Bertz CT molecular complexity index is 296. The van der Waals surface area contributed by atoms with Gasteiger partial charge in [-0.3, -0.25) is 0 Å². The maximum Gasteiger partial charge on any atom is 0.135 e. The van der Waals surface area contributed by atoms with Gasteiger partial charge in [0.25, 0.3) is 0 Å². The molecule has 0 fully saturated rings. The summed E-state index contributed by atoms with van der Waals surface area (Å²) in [6, 6.07) is 1.92. The fraction of sp³-hybridized carbons (Fsp3) is 0.714. The van der Waals surface area contributed by atoms with Crippen LogP contribution in [0.3, 0.4) is 0 Å². The second-order valence-electron chi connectivity index (χ2n) is 4.43. The number of hydrogen-bond donors (Lipinski definition) is 1. The zero-order valence-electron chi connectivity index (χ0n) is 10.9. The highest BCUT2D eigenvalue weighted by Gasteiger charge is 2.14. The van der Waals surface area contributed by atoms with Crippen molar-refractivity contribution in [2.75, 3.05) is 7.11 Å². The van der Waals surface area contributed by atoms with Gasteiger partial charge in [0.1, 0.15) is 5.75 Å². The molecule has 0 aliphatic rings. The number of ether oxygens (including phenoxy) is 1. The van der Waals surface area contributed by atoms with E-state index in [1.165, 1.54) is 32.1 Å². The molecule has 17 heavy (non-hydrogen) atoms. The van der Waals surface area contributed by atoms with Crippen LogP contribution in [-0.4, -0.2) is 12.2 Å². The van der Waals surface area contributed by atoms with Crippen LogP contribution in [0, 0.1) is 0 Å². The largest absolute Gasteiger partial charge is 0.495 e. The first-order valence-electron chi connectivity index (χ1n) is 6.59. The smallest absolute Gasteiger partial charge is 0.135 e. The fourth-order valence-electron chi connectivity index (χ4n) is 1.97. The molecule has 0 aromatic carbocycles. The summed E-state index contributed by atoms with van der Waals surface area (Å²) in [5, 5.41) is 12.0. The predicted octanol–water partition coefficient (Wildman–Crippen LogP) is 4.54. The molecule has 3 heteroatoms. The molecule has 0 bridgehead atoms. The Balaban J connectivity index is 2.19. The fourth-order valence-corrected chi connectivity index (χ4v) is 2.85. The lowest BCUT2D eigenvalue weighted by atomic mass is 10.1. The average molecular weight is 256 g/mol. The van der Waals surface area contributed by atoms with Gasteiger partial charge in [-0.25, -0.2) is 0 Å². The quantitative estimate of drug-likeness (QED) is 0.657. The van der Waals surface area contributed by atoms with E-state index >= 15 is 0 Å². The van der Waals surface area contributed by atoms with Crippen LogP contribution in [0.25, 0.3) is 0 Å². The van der Waals surface area contributed by atoms with E-state index in [-0.39, 0.29) is 6.10 Å². The average Bonchev–Trinajstić information content (AvgIpc) is 2.81. The topological polar surface area (TPSA) is 29.5 Å². The van der Waals surface area contributed by atoms with Gasteiger partial charge in [-0.15, -0.1) is 11.3 Å². The predicted molar refractivity (Wildman–Crippen MR) is 73.8 cm³/mol. The van der Waals surface area contributed by atoms with Crippen molar-refractivity contribution in [3.8, 4) is 5.75 Å². The van der Waals surface area contributed by atoms with Gasteiger partial charge in [0.05, 0.1) is 18.1 Å². The number of thiophene rings is 1. The van der Waals surface area contributed by atoms with Crippen molar-refractivity contribution in [3.05, 3.63) is 16.3 Å². The monoisotopic (exact) mass is 256 g/mol. The summed E-state index contributed by atoms with van der Waals surface area (Å²) in [7, 11) is 1.66. The third-order valence-corrected chi connectivity index (χ3v) is 4.01. The van der Waals surface area contributed by atoms with Gasteiger partial charge in [0.2, 0.25) is 0 Å². The molecule has 0 aliphatic heterocycles. The Hall–Kier alpha value is -0.540. The maximum absolute atomic E-state index is 10.1. The first-order valence-corrected chi connectivity index (χ1v) is 7.47. The molecule has 1 unspecified atom stereocenters. The summed E-state index contributed by atoms with van der Waals surface area (Å²) in [4.78, 5) is 0.973. The highest BCUT2D eigenvalue weighted by molar-refractivity contribution is 7.10. The lowest BCUT2D eigenvalue weighted by Crippen LogP contribution is -1.97. The van der Waals surface area contributed by atoms with Gasteiger partial charge in [-0.2, -0.15) is 0 Å². The standard InChI is InChI=1S/C14H24O2S/c1-3-4-5-6-7-8-9-12(15)14-13(16-2)10-11-17-14/h10-12,15H,3-9H2,1-2H3. The summed E-state index contributed by atoms with van der Waals surface area (Å²) in [6.07, 6.45) is 8.07. The van der Waals surface area contributed by atoms with E-state index < -0.39 is 0 Å². The van der Waals surface area contributed by atoms with E-state index in [4.69, 9.17) is 4.74 Å². The molecule has 0 saturated heterocycles. The molecular formula is C14H24O2S. The summed E-state index contributed by atoms with van der Waals surface area (Å²) in [6.45, 7) is 2.23. The molecule has 1 heterocycles. The van der Waals surface area contributed by atoms with Crippen molar-refractivity contribution in [3.63, 3.8) is 0 Å². The minimum absolute atomic E-state index is 0.351. The molecule has 0 amide bonds. The molecule has 98 valence electrons. The number of rotatable bonds is 9. The van der Waals surface area contributed by atoms with Gasteiger partial charge in [-0.1, -0.05) is 45.4 Å². The lowest BCUT2D eigenvalue weighted by Gasteiger charge is -2.10. The highest BCUT2D eigenvalue weighted by Crippen LogP contribution is 2.33. The molecule has 1 aromatic heterocycles. The van der Waals surface area contributed by atoms with Crippen LogP contribution in [0.2, 0.25) is 0 Å². The van der Waals surface area contributed by atoms with Crippen molar-refractivity contribution in [2.24, 2.45) is 0 Å². The Labute approximate surface area is 109 Å². The zero-order chi connectivity index (χ0) is 12.5. The minimum Gasteiger partial charge on any atom is -0.495 e. The number of unbranched alkanes of at least 4 members (excludes halogenated alkanes) is 5. The van der Waals surface area contributed by atoms with Gasteiger partial charge < -0.3 is 9.84 Å². The van der Waals surface area contributed by atoms with E-state index in [1.54, 1.807) is 18.4 Å². The van der Waals surface area contributed by atoms with E-state index in [9.17, 15) is 5.11 Å². The van der Waals surface area contributed by atoms with Crippen molar-refractivity contribution in [2.45, 2.75) is 58.0 Å². The molecule has 1 rings (SSSR count). The minimum atomic E-state index is -0.351. The second kappa shape index (κ2) is 8.54. The van der Waals surface area contributed by atoms with Crippen LogP contribution in [0.15, 0.2) is 11.4 Å². The first-order chi connectivity index (χ1) is 8.29. The van der Waals surface area contributed by atoms with Crippen molar-refractivity contribution in [1.82, 2.24) is 0 Å². The highest BCUT2D eigenvalue weighted by atomic mass is 32.1. The summed E-state index contributed by atoms with van der Waals surface area (Å²) in [5.74, 6) is 0.827. The van der Waals surface area contributed by atoms with Crippen LogP contribution in [0.4, 0.5) is 0 Å². The van der Waals surface area contributed by atoms with Crippen molar-refractivity contribution < 1.29 is 9.84 Å². The maximum atomic E-state index is 10.1. The lowest BCUT2D eigenvalue weighted by molar-refractivity contribution is 0.163. The van der Waals surface area contributed by atoms with Gasteiger partial charge in [0, 0.05) is 0 Å². The van der Waals surface area contributed by atoms with Crippen molar-refractivity contribution in [1.29, 1.82) is 0 Å². The van der Waals surface area contributed by atoms with Crippen LogP contribution in [0.5, 0.6) is 5.75 Å². The summed E-state index contributed by atoms with van der Waals surface area (Å²) >= 11 is 1.58. The summed E-state index contributed by atoms with van der Waals surface area (Å²) < 4.78 is 5.22. The third kappa shape index (κ3) is 5.09. The number of hydrogen-bond acceptors (Lipinski definition) is 3. The Morgan fingerprint density at radius 2 is 1.94 bits per heavy atom. The van der Waals surface area contributed by atoms with Crippen LogP contribution < -0.4 is 4.74 Å². The molecule has 0 spiro atoms. The van der Waals surface area contributed by atoms with Crippen molar-refractivity contribution >= 4 is 11.3 Å². The Morgan fingerprint density at radius 1 is 1.24 bits per heavy atom. The van der Waals surface area contributed by atoms with Crippen LogP contribution in [-0.2, 0) is 0 Å². The SMILES string of the molecule is CCCCCCCCC(O)c1sccc1OC. The normalized spacial score (nSPS) is 12.6. The molecule has 1 N–H and O–H groups in total. The van der Waals surface area contributed by atoms with E-state index in [1.807, 2.05) is 11.4 Å². The number of aliphatic hydroxyl groups excluding tert-OH is 1. The summed E-state index contributed by atoms with van der Waals surface area (Å²) in [5.41, 5.74) is 0. The van der Waals surface area contributed by atoms with E-state index in [2.05, 4.69) is 6.92 Å². The molecule has 0 saturated carbocycles. The Kier molecular flexibility index (Phi) is 7.29. The number of methoxy groups -OCH3 is 1. The Morgan fingerprint density at radius 3 is 2.65 bits per heavy atom. The number of aliphatic hydroxyl groups is 1. The van der Waals surface area contributed by atoms with E-state index in [0.29, 0.717) is 0 Å². The van der Waals surface area contributed by atoms with Gasteiger partial charge in [0.15, 0.2) is 0 Å². The van der Waals surface area contributed by atoms with Crippen LogP contribution in [0.1, 0.15) is 62.9 Å². The molecule has 0 aliphatic carbocycles. The van der Waals surface area contributed by atoms with Gasteiger partial charge >= 0.3 is 0 Å².